The largest absolute Gasteiger partial charge is 0.504 e. The summed E-state index contributed by atoms with van der Waals surface area (Å²) >= 11 is 3.30. The topological polar surface area (TPSA) is 55.5 Å². The van der Waals surface area contributed by atoms with Crippen LogP contribution in [0.3, 0.4) is 0 Å². The minimum atomic E-state index is -0.678. The fourth-order valence-electron chi connectivity index (χ4n) is 2.67. The molecule has 3 nitrogen and oxygen atoms in total. The van der Waals surface area contributed by atoms with E-state index in [1.54, 1.807) is 0 Å². The summed E-state index contributed by atoms with van der Waals surface area (Å²) in [5.74, 6) is -0.914. The number of rotatable bonds is 2. The van der Waals surface area contributed by atoms with Crippen LogP contribution >= 0.6 is 15.9 Å². The Hall–Kier alpha value is -0.810. The molecule has 1 fully saturated rings. The molecule has 1 aromatic rings. The highest BCUT2D eigenvalue weighted by Gasteiger charge is 2.36. The van der Waals surface area contributed by atoms with Crippen molar-refractivity contribution in [3.05, 3.63) is 21.9 Å². The van der Waals surface area contributed by atoms with Crippen LogP contribution in [0.4, 0.5) is 4.39 Å². The van der Waals surface area contributed by atoms with Crippen LogP contribution in [0.2, 0.25) is 0 Å². The molecule has 0 aromatic heterocycles. The summed E-state index contributed by atoms with van der Waals surface area (Å²) in [7, 11) is 1.33. The van der Waals surface area contributed by atoms with Crippen molar-refractivity contribution < 1.29 is 14.2 Å². The zero-order valence-corrected chi connectivity index (χ0v) is 11.9. The Morgan fingerprint density at radius 1 is 1.39 bits per heavy atom. The molecule has 0 heterocycles. The molecular formula is C13H17BrFNO2. The number of methoxy groups -OCH3 is 1. The molecule has 1 saturated carbocycles. The molecule has 0 bridgehead atoms. The van der Waals surface area contributed by atoms with Crippen LogP contribution in [-0.4, -0.2) is 12.2 Å². The Bertz CT molecular complexity index is 459. The molecule has 0 saturated heterocycles. The molecule has 18 heavy (non-hydrogen) atoms. The zero-order valence-electron chi connectivity index (χ0n) is 10.3. The highest BCUT2D eigenvalue weighted by Crippen LogP contribution is 2.44. The third kappa shape index (κ3) is 2.21. The van der Waals surface area contributed by atoms with Gasteiger partial charge in [0.1, 0.15) is 0 Å². The molecule has 3 N–H and O–H groups in total. The first kappa shape index (κ1) is 13.6. The van der Waals surface area contributed by atoms with Gasteiger partial charge in [-0.1, -0.05) is 35.2 Å². The van der Waals surface area contributed by atoms with Gasteiger partial charge >= 0.3 is 0 Å². The lowest BCUT2D eigenvalue weighted by Crippen LogP contribution is -2.39. The van der Waals surface area contributed by atoms with Gasteiger partial charge in [-0.3, -0.25) is 0 Å². The Balaban J connectivity index is 2.56. The van der Waals surface area contributed by atoms with Crippen LogP contribution in [0, 0.1) is 5.82 Å². The van der Waals surface area contributed by atoms with E-state index in [0.29, 0.717) is 10.0 Å². The molecule has 5 heteroatoms. The molecule has 1 aromatic carbocycles. The maximum Gasteiger partial charge on any atom is 0.196 e. The average molecular weight is 318 g/mol. The monoisotopic (exact) mass is 317 g/mol. The maximum absolute atomic E-state index is 14.4. The van der Waals surface area contributed by atoms with Crippen LogP contribution in [0.5, 0.6) is 11.5 Å². The van der Waals surface area contributed by atoms with Gasteiger partial charge in [0.05, 0.1) is 7.11 Å². The standard InChI is InChI=1S/C13H17BrFNO2/c1-18-12-9(17)7-8(14)10(11(12)15)13(16)5-3-2-4-6-13/h7,17H,2-6,16H2,1H3. The number of hydrogen-bond acceptors (Lipinski definition) is 3. The fourth-order valence-corrected chi connectivity index (χ4v) is 3.46. The number of phenolic OH excluding ortho intramolecular Hbond substituents is 1. The van der Waals surface area contributed by atoms with Gasteiger partial charge in [-0.25, -0.2) is 4.39 Å². The minimum absolute atomic E-state index is 0.136. The van der Waals surface area contributed by atoms with Crippen molar-refractivity contribution >= 4 is 15.9 Å². The zero-order chi connectivity index (χ0) is 13.3. The van der Waals surface area contributed by atoms with Crippen LogP contribution < -0.4 is 10.5 Å². The van der Waals surface area contributed by atoms with Crippen molar-refractivity contribution in [3.8, 4) is 11.5 Å². The van der Waals surface area contributed by atoms with Gasteiger partial charge < -0.3 is 15.6 Å². The second-order valence-corrected chi connectivity index (χ2v) is 5.67. The molecule has 1 aliphatic rings. The van der Waals surface area contributed by atoms with E-state index in [1.807, 2.05) is 0 Å². The third-order valence-corrected chi connectivity index (χ3v) is 4.23. The Kier molecular flexibility index (Phi) is 3.82. The smallest absolute Gasteiger partial charge is 0.196 e. The van der Waals surface area contributed by atoms with Gasteiger partial charge in [-0.05, 0) is 18.9 Å². The summed E-state index contributed by atoms with van der Waals surface area (Å²) in [6, 6.07) is 1.44. The lowest BCUT2D eigenvalue weighted by molar-refractivity contribution is 0.283. The lowest BCUT2D eigenvalue weighted by atomic mass is 9.77. The van der Waals surface area contributed by atoms with Crippen LogP contribution in [0.15, 0.2) is 10.5 Å². The SMILES string of the molecule is COc1c(O)cc(Br)c(C2(N)CCCCC2)c1F. The second-order valence-electron chi connectivity index (χ2n) is 4.82. The summed E-state index contributed by atoms with van der Waals surface area (Å²) in [4.78, 5) is 0. The Labute approximate surface area is 114 Å². The second kappa shape index (κ2) is 5.05. The molecule has 0 spiro atoms. The predicted molar refractivity (Wildman–Crippen MR) is 71.3 cm³/mol. The summed E-state index contributed by atoms with van der Waals surface area (Å²) in [5.41, 5.74) is 6.08. The molecule has 0 atom stereocenters. The number of halogens is 2. The molecule has 100 valence electrons. The van der Waals surface area contributed by atoms with E-state index in [2.05, 4.69) is 15.9 Å². The van der Waals surface area contributed by atoms with E-state index < -0.39 is 11.4 Å². The number of aromatic hydroxyl groups is 1. The van der Waals surface area contributed by atoms with E-state index in [-0.39, 0.29) is 11.5 Å². The molecule has 0 aliphatic heterocycles. The number of nitrogens with two attached hydrogens (primary N) is 1. The van der Waals surface area contributed by atoms with Crippen LogP contribution in [0.25, 0.3) is 0 Å². The van der Waals surface area contributed by atoms with Crippen LogP contribution in [0.1, 0.15) is 37.7 Å². The highest BCUT2D eigenvalue weighted by atomic mass is 79.9. The molecular weight excluding hydrogens is 301 g/mol. The third-order valence-electron chi connectivity index (χ3n) is 3.60. The number of ether oxygens (including phenoxy) is 1. The highest BCUT2D eigenvalue weighted by molar-refractivity contribution is 9.10. The van der Waals surface area contributed by atoms with Gasteiger partial charge in [-0.2, -0.15) is 0 Å². The fraction of sp³-hybridized carbons (Fsp3) is 0.538. The summed E-state index contributed by atoms with van der Waals surface area (Å²) in [5, 5.41) is 9.64. The van der Waals surface area contributed by atoms with Crippen molar-refractivity contribution in [2.24, 2.45) is 5.73 Å². The Morgan fingerprint density at radius 2 is 2.00 bits per heavy atom. The first-order chi connectivity index (χ1) is 8.49. The molecule has 0 unspecified atom stereocenters. The van der Waals surface area contributed by atoms with Crippen molar-refractivity contribution in [3.63, 3.8) is 0 Å². The first-order valence-electron chi connectivity index (χ1n) is 6.04. The normalized spacial score (nSPS) is 18.7. The lowest BCUT2D eigenvalue weighted by Gasteiger charge is -2.35. The Morgan fingerprint density at radius 3 is 2.56 bits per heavy atom. The van der Waals surface area contributed by atoms with E-state index in [9.17, 15) is 9.50 Å². The van der Waals surface area contributed by atoms with Gasteiger partial charge in [0.15, 0.2) is 17.3 Å². The molecule has 0 amide bonds. The molecule has 1 aliphatic carbocycles. The van der Waals surface area contributed by atoms with E-state index in [1.165, 1.54) is 13.2 Å². The summed E-state index contributed by atoms with van der Waals surface area (Å²) in [6.07, 6.45) is 4.61. The van der Waals surface area contributed by atoms with Crippen LogP contribution in [-0.2, 0) is 5.54 Å². The van der Waals surface area contributed by atoms with Crippen molar-refractivity contribution in [2.75, 3.05) is 7.11 Å². The number of phenols is 1. The van der Waals surface area contributed by atoms with Gasteiger partial charge in [0.2, 0.25) is 0 Å². The molecule has 0 radical (unpaired) electrons. The first-order valence-corrected chi connectivity index (χ1v) is 6.83. The quantitative estimate of drug-likeness (QED) is 0.878. The van der Waals surface area contributed by atoms with E-state index >= 15 is 0 Å². The van der Waals surface area contributed by atoms with Gasteiger partial charge in [-0.15, -0.1) is 0 Å². The van der Waals surface area contributed by atoms with E-state index in [4.69, 9.17) is 10.5 Å². The molecule has 2 rings (SSSR count). The van der Waals surface area contributed by atoms with E-state index in [0.717, 1.165) is 32.1 Å². The maximum atomic E-state index is 14.4. The van der Waals surface area contributed by atoms with Gasteiger partial charge in [0.25, 0.3) is 0 Å². The van der Waals surface area contributed by atoms with Crippen molar-refractivity contribution in [1.29, 1.82) is 0 Å². The van der Waals surface area contributed by atoms with Crippen molar-refractivity contribution in [1.82, 2.24) is 0 Å². The number of hydrogen-bond donors (Lipinski definition) is 2. The number of benzene rings is 1. The van der Waals surface area contributed by atoms with Crippen molar-refractivity contribution in [2.45, 2.75) is 37.6 Å². The van der Waals surface area contributed by atoms with Gasteiger partial charge in [0, 0.05) is 15.6 Å². The minimum Gasteiger partial charge on any atom is -0.504 e. The predicted octanol–water partition coefficient (Wildman–Crippen LogP) is 3.42. The average Bonchev–Trinajstić information content (AvgIpc) is 2.29. The summed E-state index contributed by atoms with van der Waals surface area (Å²) in [6.45, 7) is 0. The summed E-state index contributed by atoms with van der Waals surface area (Å²) < 4.78 is 19.8.